The average molecular weight is 404 g/mol. The molecule has 0 radical (unpaired) electrons. The molecule has 150 valence electrons. The topological polar surface area (TPSA) is 95.6 Å². The monoisotopic (exact) mass is 403 g/mol. The summed E-state index contributed by atoms with van der Waals surface area (Å²) in [5.74, 6) is -0.639. The van der Waals surface area contributed by atoms with Gasteiger partial charge in [-0.05, 0) is 48.9 Å². The first-order valence-electron chi connectivity index (χ1n) is 8.78. The van der Waals surface area contributed by atoms with Crippen molar-refractivity contribution in [3.05, 3.63) is 53.6 Å². The van der Waals surface area contributed by atoms with Gasteiger partial charge in [-0.25, -0.2) is 12.7 Å². The lowest BCUT2D eigenvalue weighted by molar-refractivity contribution is -0.118. The highest BCUT2D eigenvalue weighted by Gasteiger charge is 2.18. The van der Waals surface area contributed by atoms with Crippen molar-refractivity contribution in [3.63, 3.8) is 0 Å². The largest absolute Gasteiger partial charge is 0.326 e. The van der Waals surface area contributed by atoms with Gasteiger partial charge in [0.2, 0.25) is 15.9 Å². The molecule has 0 spiro atoms. The number of nitrogens with one attached hydrogen (secondary N) is 2. The Balaban J connectivity index is 2.19. The quantitative estimate of drug-likeness (QED) is 0.775. The molecule has 2 N–H and O–H groups in total. The van der Waals surface area contributed by atoms with E-state index < -0.39 is 10.0 Å². The normalized spacial score (nSPS) is 11.5. The minimum atomic E-state index is -3.55. The highest BCUT2D eigenvalue weighted by atomic mass is 32.2. The van der Waals surface area contributed by atoms with Crippen LogP contribution in [0.1, 0.15) is 29.8 Å². The van der Waals surface area contributed by atoms with Gasteiger partial charge >= 0.3 is 0 Å². The Morgan fingerprint density at radius 2 is 1.57 bits per heavy atom. The van der Waals surface area contributed by atoms with Gasteiger partial charge in [-0.3, -0.25) is 9.59 Å². The highest BCUT2D eigenvalue weighted by Crippen LogP contribution is 2.22. The van der Waals surface area contributed by atoms with E-state index >= 15 is 0 Å². The number of carbonyl (C=O) groups is 2. The number of hydrogen-bond acceptors (Lipinski definition) is 4. The third-order valence-corrected chi connectivity index (χ3v) is 6.00. The molecule has 0 atom stereocenters. The van der Waals surface area contributed by atoms with Gasteiger partial charge in [0, 0.05) is 37.0 Å². The van der Waals surface area contributed by atoms with Crippen LogP contribution >= 0.6 is 0 Å². The molecule has 0 saturated carbocycles. The summed E-state index contributed by atoms with van der Waals surface area (Å²) in [5.41, 5.74) is 2.32. The van der Waals surface area contributed by atoms with Gasteiger partial charge in [0.05, 0.1) is 4.90 Å². The van der Waals surface area contributed by atoms with Gasteiger partial charge in [0.25, 0.3) is 5.91 Å². The van der Waals surface area contributed by atoms with Crippen LogP contribution in [0.5, 0.6) is 0 Å². The summed E-state index contributed by atoms with van der Waals surface area (Å²) in [6, 6.07) is 11.0. The van der Waals surface area contributed by atoms with Gasteiger partial charge in [-0.2, -0.15) is 0 Å². The molecule has 0 heterocycles. The smallest absolute Gasteiger partial charge is 0.255 e. The number of rotatable bonds is 6. The zero-order valence-corrected chi connectivity index (χ0v) is 17.4. The van der Waals surface area contributed by atoms with Crippen LogP contribution in [0.25, 0.3) is 0 Å². The van der Waals surface area contributed by atoms with Crippen LogP contribution in [0.3, 0.4) is 0 Å². The molecule has 8 heteroatoms. The van der Waals surface area contributed by atoms with E-state index in [0.29, 0.717) is 16.9 Å². The van der Waals surface area contributed by atoms with Gasteiger partial charge < -0.3 is 10.6 Å². The first kappa shape index (κ1) is 21.6. The SMILES string of the molecule is Cc1ccc(NC(=O)C(C)C)cc1NC(=O)c1ccc(S(=O)(=O)N(C)C)cc1. The van der Waals surface area contributed by atoms with Crippen molar-refractivity contribution in [3.8, 4) is 0 Å². The molecule has 0 aliphatic rings. The molecule has 0 aromatic heterocycles. The van der Waals surface area contributed by atoms with Crippen LogP contribution in [0, 0.1) is 12.8 Å². The maximum atomic E-state index is 12.5. The van der Waals surface area contributed by atoms with E-state index in [9.17, 15) is 18.0 Å². The van der Waals surface area contributed by atoms with Crippen LogP contribution in [0.4, 0.5) is 11.4 Å². The number of amides is 2. The zero-order valence-electron chi connectivity index (χ0n) is 16.6. The standard InChI is InChI=1S/C20H25N3O4S/c1-13(2)19(24)21-16-9-6-14(3)18(12-16)22-20(25)15-7-10-17(11-8-15)28(26,27)23(4)5/h6-13H,1-5H3,(H,21,24)(H,22,25). The van der Waals surface area contributed by atoms with E-state index in [0.717, 1.165) is 9.87 Å². The molecule has 28 heavy (non-hydrogen) atoms. The summed E-state index contributed by atoms with van der Waals surface area (Å²) in [6.45, 7) is 5.44. The van der Waals surface area contributed by atoms with Gasteiger partial charge in [0.15, 0.2) is 0 Å². The second kappa shape index (κ2) is 8.53. The van der Waals surface area contributed by atoms with Gasteiger partial charge in [0.1, 0.15) is 0 Å². The van der Waals surface area contributed by atoms with Crippen LogP contribution in [0.15, 0.2) is 47.4 Å². The molecule has 2 amide bonds. The minimum absolute atomic E-state index is 0.112. The van der Waals surface area contributed by atoms with Crippen molar-refractivity contribution in [1.29, 1.82) is 0 Å². The molecule has 0 aliphatic heterocycles. The number of hydrogen-bond donors (Lipinski definition) is 2. The number of aryl methyl sites for hydroxylation is 1. The molecule has 0 saturated heterocycles. The highest BCUT2D eigenvalue weighted by molar-refractivity contribution is 7.89. The van der Waals surface area contributed by atoms with E-state index in [1.165, 1.54) is 38.4 Å². The van der Waals surface area contributed by atoms with Crippen LogP contribution < -0.4 is 10.6 Å². The summed E-state index contributed by atoms with van der Waals surface area (Å²) in [7, 11) is -0.651. The molecule has 2 aromatic carbocycles. The average Bonchev–Trinajstić information content (AvgIpc) is 2.64. The fourth-order valence-corrected chi connectivity index (χ4v) is 3.21. The maximum absolute atomic E-state index is 12.5. The number of anilines is 2. The Labute approximate surface area is 165 Å². The number of nitrogens with zero attached hydrogens (tertiary/aromatic N) is 1. The van der Waals surface area contributed by atoms with Crippen molar-refractivity contribution in [1.82, 2.24) is 4.31 Å². The molecule has 7 nitrogen and oxygen atoms in total. The van der Waals surface area contributed by atoms with Crippen LogP contribution in [-0.2, 0) is 14.8 Å². The van der Waals surface area contributed by atoms with Crippen molar-refractivity contribution >= 4 is 33.2 Å². The molecular weight excluding hydrogens is 378 g/mol. The third kappa shape index (κ3) is 4.96. The summed E-state index contributed by atoms with van der Waals surface area (Å²) >= 11 is 0. The zero-order chi connectivity index (χ0) is 21.1. The van der Waals surface area contributed by atoms with Crippen molar-refractivity contribution in [2.75, 3.05) is 24.7 Å². The summed E-state index contributed by atoms with van der Waals surface area (Å²) < 4.78 is 25.3. The number of benzene rings is 2. The lowest BCUT2D eigenvalue weighted by Gasteiger charge is -2.13. The lowest BCUT2D eigenvalue weighted by atomic mass is 10.1. The van der Waals surface area contributed by atoms with E-state index in [-0.39, 0.29) is 22.6 Å². The second-order valence-corrected chi connectivity index (χ2v) is 9.09. The minimum Gasteiger partial charge on any atom is -0.326 e. The molecule has 0 unspecified atom stereocenters. The van der Waals surface area contributed by atoms with Gasteiger partial charge in [-0.1, -0.05) is 19.9 Å². The molecule has 2 aromatic rings. The number of sulfonamides is 1. The van der Waals surface area contributed by atoms with Crippen molar-refractivity contribution in [2.45, 2.75) is 25.7 Å². The van der Waals surface area contributed by atoms with Gasteiger partial charge in [-0.15, -0.1) is 0 Å². The Bertz CT molecular complexity index is 981. The summed E-state index contributed by atoms with van der Waals surface area (Å²) in [6.07, 6.45) is 0. The lowest BCUT2D eigenvalue weighted by Crippen LogP contribution is -2.22. The third-order valence-electron chi connectivity index (χ3n) is 4.17. The number of carbonyl (C=O) groups excluding carboxylic acids is 2. The molecule has 0 aliphatic carbocycles. The fourth-order valence-electron chi connectivity index (χ4n) is 2.30. The summed E-state index contributed by atoms with van der Waals surface area (Å²) in [5, 5.41) is 5.60. The van der Waals surface area contributed by atoms with Crippen LogP contribution in [0.2, 0.25) is 0 Å². The first-order valence-corrected chi connectivity index (χ1v) is 10.2. The van der Waals surface area contributed by atoms with Crippen molar-refractivity contribution < 1.29 is 18.0 Å². The van der Waals surface area contributed by atoms with E-state index in [4.69, 9.17) is 0 Å². The van der Waals surface area contributed by atoms with E-state index in [1.54, 1.807) is 32.0 Å². The predicted molar refractivity (Wildman–Crippen MR) is 110 cm³/mol. The fraction of sp³-hybridized carbons (Fsp3) is 0.300. The molecular formula is C20H25N3O4S. The Morgan fingerprint density at radius 1 is 0.964 bits per heavy atom. The Morgan fingerprint density at radius 3 is 2.11 bits per heavy atom. The predicted octanol–water partition coefficient (Wildman–Crippen LogP) is 3.09. The van der Waals surface area contributed by atoms with Crippen LogP contribution in [-0.4, -0.2) is 38.6 Å². The molecule has 2 rings (SSSR count). The Kier molecular flexibility index (Phi) is 6.58. The maximum Gasteiger partial charge on any atom is 0.255 e. The molecule has 0 bridgehead atoms. The van der Waals surface area contributed by atoms with E-state index in [1.807, 2.05) is 6.92 Å². The first-order chi connectivity index (χ1) is 13.0. The Hall–Kier alpha value is -2.71. The second-order valence-electron chi connectivity index (χ2n) is 6.94. The summed E-state index contributed by atoms with van der Waals surface area (Å²) in [4.78, 5) is 24.5. The van der Waals surface area contributed by atoms with E-state index in [2.05, 4.69) is 10.6 Å². The van der Waals surface area contributed by atoms with Crippen molar-refractivity contribution in [2.24, 2.45) is 5.92 Å². The molecule has 0 fully saturated rings.